The highest BCUT2D eigenvalue weighted by Gasteiger charge is 2.13. The lowest BCUT2D eigenvalue weighted by atomic mass is 10.0. The van der Waals surface area contributed by atoms with Crippen LogP contribution in [0.2, 0.25) is 0 Å². The van der Waals surface area contributed by atoms with Gasteiger partial charge in [0, 0.05) is 36.5 Å². The van der Waals surface area contributed by atoms with Gasteiger partial charge in [-0.1, -0.05) is 6.07 Å². The van der Waals surface area contributed by atoms with Gasteiger partial charge in [-0.15, -0.1) is 0 Å². The van der Waals surface area contributed by atoms with Crippen LogP contribution in [-0.2, 0) is 0 Å². The molecule has 28 heavy (non-hydrogen) atoms. The summed E-state index contributed by atoms with van der Waals surface area (Å²) < 4.78 is 10.8. The molecule has 2 aromatic carbocycles. The van der Waals surface area contributed by atoms with Gasteiger partial charge in [0.25, 0.3) is 0 Å². The van der Waals surface area contributed by atoms with E-state index in [1.54, 1.807) is 32.8 Å². The maximum absolute atomic E-state index is 5.55. The fourth-order valence-corrected chi connectivity index (χ4v) is 3.05. The fourth-order valence-electron chi connectivity index (χ4n) is 3.05. The summed E-state index contributed by atoms with van der Waals surface area (Å²) in [6, 6.07) is 11.8. The summed E-state index contributed by atoms with van der Waals surface area (Å²) in [5, 5.41) is 4.06. The molecular weight excluding hydrogens is 354 g/mol. The zero-order valence-corrected chi connectivity index (χ0v) is 15.8. The molecule has 4 aromatic rings. The van der Waals surface area contributed by atoms with E-state index < -0.39 is 0 Å². The van der Waals surface area contributed by atoms with Crippen LogP contribution in [0.25, 0.3) is 33.5 Å². The van der Waals surface area contributed by atoms with Crippen LogP contribution in [0.4, 0.5) is 5.82 Å². The summed E-state index contributed by atoms with van der Waals surface area (Å²) in [6.07, 6.45) is 4.90. The second-order valence-corrected chi connectivity index (χ2v) is 6.03. The van der Waals surface area contributed by atoms with Crippen LogP contribution < -0.4 is 14.8 Å². The molecule has 0 radical (unpaired) electrons. The number of benzene rings is 2. The summed E-state index contributed by atoms with van der Waals surface area (Å²) in [6.45, 7) is 0. The van der Waals surface area contributed by atoms with E-state index in [1.165, 1.54) is 0 Å². The SMILES string of the molecule is CNc1nc(-c2cnccn2)nc2cc(-c3ccc(OC)cc3OC)ccc12. The van der Waals surface area contributed by atoms with Gasteiger partial charge in [0.05, 0.1) is 25.9 Å². The molecule has 1 N–H and O–H groups in total. The second kappa shape index (κ2) is 7.48. The minimum absolute atomic E-state index is 0.517. The monoisotopic (exact) mass is 373 g/mol. The summed E-state index contributed by atoms with van der Waals surface area (Å²) in [4.78, 5) is 17.7. The zero-order valence-electron chi connectivity index (χ0n) is 15.8. The van der Waals surface area contributed by atoms with E-state index in [9.17, 15) is 0 Å². The first-order valence-electron chi connectivity index (χ1n) is 8.72. The summed E-state index contributed by atoms with van der Waals surface area (Å²) >= 11 is 0. The third kappa shape index (κ3) is 3.18. The van der Waals surface area contributed by atoms with Crippen LogP contribution >= 0.6 is 0 Å². The van der Waals surface area contributed by atoms with E-state index in [1.807, 2.05) is 43.4 Å². The molecule has 0 spiro atoms. The van der Waals surface area contributed by atoms with E-state index in [2.05, 4.69) is 20.3 Å². The summed E-state index contributed by atoms with van der Waals surface area (Å²) in [5.74, 6) is 2.73. The Morgan fingerprint density at radius 1 is 0.929 bits per heavy atom. The standard InChI is InChI=1S/C21H19N5O2/c1-22-20-16-6-4-13(15-7-5-14(27-2)11-19(15)28-3)10-17(16)25-21(26-20)18-12-23-8-9-24-18/h4-12H,1-3H3,(H,22,25,26). The van der Waals surface area contributed by atoms with E-state index in [0.717, 1.165) is 39.3 Å². The molecule has 0 unspecified atom stereocenters. The number of anilines is 1. The van der Waals surface area contributed by atoms with Gasteiger partial charge in [-0.05, 0) is 29.8 Å². The minimum atomic E-state index is 0.517. The zero-order chi connectivity index (χ0) is 19.5. The van der Waals surface area contributed by atoms with Crippen molar-refractivity contribution in [2.24, 2.45) is 0 Å². The van der Waals surface area contributed by atoms with Crippen LogP contribution in [0.1, 0.15) is 0 Å². The van der Waals surface area contributed by atoms with E-state index in [-0.39, 0.29) is 0 Å². The van der Waals surface area contributed by atoms with Crippen molar-refractivity contribution in [1.29, 1.82) is 0 Å². The smallest absolute Gasteiger partial charge is 0.182 e. The molecule has 0 saturated heterocycles. The van der Waals surface area contributed by atoms with Gasteiger partial charge in [0.15, 0.2) is 5.82 Å². The highest BCUT2D eigenvalue weighted by atomic mass is 16.5. The Labute approximate surface area is 162 Å². The van der Waals surface area contributed by atoms with Crippen molar-refractivity contribution < 1.29 is 9.47 Å². The molecule has 0 aliphatic heterocycles. The van der Waals surface area contributed by atoms with Crippen molar-refractivity contribution in [2.45, 2.75) is 0 Å². The normalized spacial score (nSPS) is 10.7. The molecule has 4 rings (SSSR count). The van der Waals surface area contributed by atoms with Gasteiger partial charge in [-0.25, -0.2) is 15.0 Å². The molecule has 0 atom stereocenters. The third-order valence-corrected chi connectivity index (χ3v) is 4.45. The van der Waals surface area contributed by atoms with Crippen molar-refractivity contribution in [3.05, 3.63) is 55.0 Å². The minimum Gasteiger partial charge on any atom is -0.497 e. The van der Waals surface area contributed by atoms with Crippen LogP contribution in [0.15, 0.2) is 55.0 Å². The van der Waals surface area contributed by atoms with Gasteiger partial charge in [0.1, 0.15) is 23.0 Å². The number of aromatic nitrogens is 4. The molecule has 7 nitrogen and oxygen atoms in total. The van der Waals surface area contributed by atoms with Gasteiger partial charge in [-0.2, -0.15) is 0 Å². The largest absolute Gasteiger partial charge is 0.497 e. The first kappa shape index (κ1) is 17.7. The number of fused-ring (bicyclic) bond motifs is 1. The van der Waals surface area contributed by atoms with Crippen molar-refractivity contribution in [1.82, 2.24) is 19.9 Å². The van der Waals surface area contributed by atoms with Crippen molar-refractivity contribution in [3.8, 4) is 34.1 Å². The van der Waals surface area contributed by atoms with Crippen LogP contribution in [0, 0.1) is 0 Å². The Morgan fingerprint density at radius 3 is 2.54 bits per heavy atom. The molecule has 0 bridgehead atoms. The molecule has 0 amide bonds. The van der Waals surface area contributed by atoms with Crippen molar-refractivity contribution >= 4 is 16.7 Å². The summed E-state index contributed by atoms with van der Waals surface area (Å²) in [5.41, 5.74) is 3.36. The molecule has 0 saturated carbocycles. The van der Waals surface area contributed by atoms with E-state index in [4.69, 9.17) is 14.5 Å². The molecule has 7 heteroatoms. The Kier molecular flexibility index (Phi) is 4.72. The predicted octanol–water partition coefficient (Wildman–Crippen LogP) is 3.81. The molecule has 0 fully saturated rings. The second-order valence-electron chi connectivity index (χ2n) is 6.03. The Bertz CT molecular complexity index is 1130. The van der Waals surface area contributed by atoms with Gasteiger partial charge < -0.3 is 14.8 Å². The van der Waals surface area contributed by atoms with E-state index in [0.29, 0.717) is 11.5 Å². The third-order valence-electron chi connectivity index (χ3n) is 4.45. The average molecular weight is 373 g/mol. The Balaban J connectivity index is 1.89. The summed E-state index contributed by atoms with van der Waals surface area (Å²) in [7, 11) is 5.12. The first-order chi connectivity index (χ1) is 13.7. The number of hydrogen-bond donors (Lipinski definition) is 1. The molecule has 2 heterocycles. The van der Waals surface area contributed by atoms with Crippen LogP contribution in [0.5, 0.6) is 11.5 Å². The molecule has 0 aliphatic carbocycles. The first-order valence-corrected chi connectivity index (χ1v) is 8.72. The van der Waals surface area contributed by atoms with Crippen molar-refractivity contribution in [2.75, 3.05) is 26.6 Å². The molecule has 140 valence electrons. The maximum atomic E-state index is 5.55. The quantitative estimate of drug-likeness (QED) is 0.569. The van der Waals surface area contributed by atoms with Gasteiger partial charge in [-0.3, -0.25) is 4.98 Å². The number of methoxy groups -OCH3 is 2. The number of nitrogens with zero attached hydrogens (tertiary/aromatic N) is 4. The topological polar surface area (TPSA) is 82.1 Å². The molecule has 0 aliphatic rings. The van der Waals surface area contributed by atoms with Crippen LogP contribution in [-0.4, -0.2) is 41.2 Å². The lowest BCUT2D eigenvalue weighted by Crippen LogP contribution is -2.00. The number of ether oxygens (including phenoxy) is 2. The Hall–Kier alpha value is -3.74. The van der Waals surface area contributed by atoms with E-state index >= 15 is 0 Å². The lowest BCUT2D eigenvalue weighted by molar-refractivity contribution is 0.395. The van der Waals surface area contributed by atoms with Gasteiger partial charge >= 0.3 is 0 Å². The van der Waals surface area contributed by atoms with Crippen molar-refractivity contribution in [3.63, 3.8) is 0 Å². The lowest BCUT2D eigenvalue weighted by Gasteiger charge is -2.12. The predicted molar refractivity (Wildman–Crippen MR) is 109 cm³/mol. The average Bonchev–Trinajstić information content (AvgIpc) is 2.77. The highest BCUT2D eigenvalue weighted by molar-refractivity contribution is 5.93. The molecule has 2 aromatic heterocycles. The highest BCUT2D eigenvalue weighted by Crippen LogP contribution is 2.35. The fraction of sp³-hybridized carbons (Fsp3) is 0.143. The number of hydrogen-bond acceptors (Lipinski definition) is 7. The number of nitrogens with one attached hydrogen (secondary N) is 1. The van der Waals surface area contributed by atoms with Crippen LogP contribution in [0.3, 0.4) is 0 Å². The Morgan fingerprint density at radius 2 is 1.82 bits per heavy atom. The maximum Gasteiger partial charge on any atom is 0.182 e. The number of rotatable bonds is 5. The van der Waals surface area contributed by atoms with Gasteiger partial charge in [0.2, 0.25) is 0 Å². The molecular formula is C21H19N5O2.